The van der Waals surface area contributed by atoms with Gasteiger partial charge in [0.05, 0.1) is 19.3 Å². The molecule has 0 spiro atoms. The molecule has 1 aromatic heterocycles. The summed E-state index contributed by atoms with van der Waals surface area (Å²) in [4.78, 5) is 12.2. The third kappa shape index (κ3) is 3.52. The Morgan fingerprint density at radius 3 is 2.75 bits per heavy atom. The van der Waals surface area contributed by atoms with E-state index in [-0.39, 0.29) is 12.5 Å². The SMILES string of the molecule is COc1ccc(-n2nnnc2CNC(=O)c2cccc(Cl)c2)cc1. The van der Waals surface area contributed by atoms with E-state index in [1.54, 1.807) is 36.1 Å². The van der Waals surface area contributed by atoms with Crippen LogP contribution in [-0.2, 0) is 6.54 Å². The van der Waals surface area contributed by atoms with Crippen molar-refractivity contribution in [3.05, 3.63) is 64.9 Å². The molecule has 3 aromatic rings. The van der Waals surface area contributed by atoms with Crippen LogP contribution in [0.25, 0.3) is 5.69 Å². The molecule has 2 aromatic carbocycles. The second-order valence-corrected chi connectivity index (χ2v) is 5.33. The van der Waals surface area contributed by atoms with E-state index in [0.717, 1.165) is 11.4 Å². The summed E-state index contributed by atoms with van der Waals surface area (Å²) >= 11 is 5.89. The zero-order chi connectivity index (χ0) is 16.9. The molecule has 0 fully saturated rings. The molecular weight excluding hydrogens is 330 g/mol. The number of carbonyl (C=O) groups is 1. The standard InChI is InChI=1S/C16H14ClN5O2/c1-24-14-7-5-13(6-8-14)22-15(19-20-21-22)10-18-16(23)11-3-2-4-12(17)9-11/h2-9H,10H2,1H3,(H,18,23). The molecule has 3 rings (SSSR count). The summed E-state index contributed by atoms with van der Waals surface area (Å²) in [6, 6.07) is 14.0. The molecule has 0 unspecified atom stereocenters. The largest absolute Gasteiger partial charge is 0.497 e. The van der Waals surface area contributed by atoms with Gasteiger partial charge in [0.25, 0.3) is 5.91 Å². The van der Waals surface area contributed by atoms with Crippen LogP contribution in [0.1, 0.15) is 16.2 Å². The Balaban J connectivity index is 1.72. The molecular formula is C16H14ClN5O2. The summed E-state index contributed by atoms with van der Waals surface area (Å²) < 4.78 is 6.68. The number of amides is 1. The highest BCUT2D eigenvalue weighted by atomic mass is 35.5. The number of ether oxygens (including phenoxy) is 1. The van der Waals surface area contributed by atoms with Crippen LogP contribution in [0.2, 0.25) is 5.02 Å². The first-order valence-electron chi connectivity index (χ1n) is 7.13. The van der Waals surface area contributed by atoms with Gasteiger partial charge in [-0.25, -0.2) is 0 Å². The van der Waals surface area contributed by atoms with Gasteiger partial charge in [0.15, 0.2) is 5.82 Å². The Morgan fingerprint density at radius 2 is 2.04 bits per heavy atom. The fourth-order valence-electron chi connectivity index (χ4n) is 2.13. The molecule has 7 nitrogen and oxygen atoms in total. The van der Waals surface area contributed by atoms with Crippen LogP contribution >= 0.6 is 11.6 Å². The predicted octanol–water partition coefficient (Wildman–Crippen LogP) is 2.25. The molecule has 0 atom stereocenters. The summed E-state index contributed by atoms with van der Waals surface area (Å²) in [5.74, 6) is 1.000. The number of hydrogen-bond acceptors (Lipinski definition) is 5. The average molecular weight is 344 g/mol. The van der Waals surface area contributed by atoms with Crippen LogP contribution in [0.5, 0.6) is 5.75 Å². The highest BCUT2D eigenvalue weighted by Crippen LogP contribution is 2.15. The van der Waals surface area contributed by atoms with Crippen molar-refractivity contribution in [1.82, 2.24) is 25.5 Å². The van der Waals surface area contributed by atoms with Crippen molar-refractivity contribution < 1.29 is 9.53 Å². The minimum atomic E-state index is -0.248. The second kappa shape index (κ2) is 7.10. The van der Waals surface area contributed by atoms with E-state index in [1.807, 2.05) is 24.3 Å². The summed E-state index contributed by atoms with van der Waals surface area (Å²) in [6.07, 6.45) is 0. The van der Waals surface area contributed by atoms with Gasteiger partial charge in [0, 0.05) is 10.6 Å². The Labute approximate surface area is 143 Å². The van der Waals surface area contributed by atoms with Gasteiger partial charge in [-0.3, -0.25) is 4.79 Å². The zero-order valence-corrected chi connectivity index (χ0v) is 13.6. The Kier molecular flexibility index (Phi) is 4.72. The van der Waals surface area contributed by atoms with Crippen molar-refractivity contribution >= 4 is 17.5 Å². The number of rotatable bonds is 5. The van der Waals surface area contributed by atoms with Gasteiger partial charge in [-0.05, 0) is 52.9 Å². The molecule has 0 bridgehead atoms. The number of benzene rings is 2. The minimum absolute atomic E-state index is 0.185. The number of nitrogens with zero attached hydrogens (tertiary/aromatic N) is 4. The van der Waals surface area contributed by atoms with Crippen molar-refractivity contribution in [1.29, 1.82) is 0 Å². The van der Waals surface area contributed by atoms with Crippen molar-refractivity contribution in [3.8, 4) is 11.4 Å². The Bertz CT molecular complexity index is 848. The smallest absolute Gasteiger partial charge is 0.251 e. The fourth-order valence-corrected chi connectivity index (χ4v) is 2.32. The minimum Gasteiger partial charge on any atom is -0.497 e. The van der Waals surface area contributed by atoms with Gasteiger partial charge in [-0.1, -0.05) is 17.7 Å². The van der Waals surface area contributed by atoms with Gasteiger partial charge in [0.2, 0.25) is 0 Å². The molecule has 0 aliphatic carbocycles. The van der Waals surface area contributed by atoms with E-state index in [0.29, 0.717) is 16.4 Å². The maximum atomic E-state index is 12.2. The summed E-state index contributed by atoms with van der Waals surface area (Å²) in [7, 11) is 1.60. The Morgan fingerprint density at radius 1 is 1.25 bits per heavy atom. The number of halogens is 1. The molecule has 122 valence electrons. The van der Waals surface area contributed by atoms with E-state index in [1.165, 1.54) is 0 Å². The lowest BCUT2D eigenvalue weighted by molar-refractivity contribution is 0.0949. The van der Waals surface area contributed by atoms with E-state index >= 15 is 0 Å². The van der Waals surface area contributed by atoms with E-state index in [4.69, 9.17) is 16.3 Å². The summed E-state index contributed by atoms with van der Waals surface area (Å²) in [6.45, 7) is 0.185. The van der Waals surface area contributed by atoms with Gasteiger partial charge < -0.3 is 10.1 Å². The molecule has 0 aliphatic rings. The topological polar surface area (TPSA) is 81.9 Å². The number of hydrogen-bond donors (Lipinski definition) is 1. The molecule has 1 heterocycles. The average Bonchev–Trinajstić information content (AvgIpc) is 3.08. The van der Waals surface area contributed by atoms with Crippen LogP contribution < -0.4 is 10.1 Å². The monoisotopic (exact) mass is 343 g/mol. The first-order chi connectivity index (χ1) is 11.7. The molecule has 1 amide bonds. The van der Waals surface area contributed by atoms with Gasteiger partial charge >= 0.3 is 0 Å². The number of carbonyl (C=O) groups excluding carboxylic acids is 1. The number of aromatic nitrogens is 4. The third-order valence-corrected chi connectivity index (χ3v) is 3.58. The van der Waals surface area contributed by atoms with E-state index < -0.39 is 0 Å². The van der Waals surface area contributed by atoms with Crippen LogP contribution in [0.4, 0.5) is 0 Å². The van der Waals surface area contributed by atoms with Crippen LogP contribution in [0.3, 0.4) is 0 Å². The van der Waals surface area contributed by atoms with Crippen molar-refractivity contribution in [2.24, 2.45) is 0 Å². The van der Waals surface area contributed by atoms with Gasteiger partial charge in [-0.2, -0.15) is 4.68 Å². The van der Waals surface area contributed by atoms with Crippen LogP contribution in [0, 0.1) is 0 Å². The normalized spacial score (nSPS) is 10.4. The maximum absolute atomic E-state index is 12.2. The molecule has 0 saturated heterocycles. The highest BCUT2D eigenvalue weighted by Gasteiger charge is 2.11. The predicted molar refractivity (Wildman–Crippen MR) is 88.3 cm³/mol. The molecule has 0 aliphatic heterocycles. The van der Waals surface area contributed by atoms with Crippen LogP contribution in [0.15, 0.2) is 48.5 Å². The molecule has 24 heavy (non-hydrogen) atoms. The third-order valence-electron chi connectivity index (χ3n) is 3.34. The van der Waals surface area contributed by atoms with E-state index in [2.05, 4.69) is 20.8 Å². The van der Waals surface area contributed by atoms with Crippen molar-refractivity contribution in [3.63, 3.8) is 0 Å². The number of tetrazole rings is 1. The summed E-state index contributed by atoms with van der Waals surface area (Å²) in [5, 5.41) is 14.8. The van der Waals surface area contributed by atoms with Crippen molar-refractivity contribution in [2.75, 3.05) is 7.11 Å². The molecule has 1 N–H and O–H groups in total. The molecule has 0 saturated carbocycles. The lowest BCUT2D eigenvalue weighted by Gasteiger charge is -2.07. The highest BCUT2D eigenvalue weighted by molar-refractivity contribution is 6.30. The van der Waals surface area contributed by atoms with Crippen molar-refractivity contribution in [2.45, 2.75) is 6.54 Å². The first-order valence-corrected chi connectivity index (χ1v) is 7.50. The fraction of sp³-hybridized carbons (Fsp3) is 0.125. The summed E-state index contributed by atoms with van der Waals surface area (Å²) in [5.41, 5.74) is 1.25. The zero-order valence-electron chi connectivity index (χ0n) is 12.8. The number of methoxy groups -OCH3 is 1. The van der Waals surface area contributed by atoms with E-state index in [9.17, 15) is 4.79 Å². The quantitative estimate of drug-likeness (QED) is 0.768. The first kappa shape index (κ1) is 15.9. The van der Waals surface area contributed by atoms with Crippen LogP contribution in [-0.4, -0.2) is 33.2 Å². The second-order valence-electron chi connectivity index (χ2n) is 4.90. The molecule has 0 radical (unpaired) electrons. The number of nitrogens with one attached hydrogen (secondary N) is 1. The van der Waals surface area contributed by atoms with Gasteiger partial charge in [0.1, 0.15) is 5.75 Å². The lowest BCUT2D eigenvalue weighted by Crippen LogP contribution is -2.24. The lowest BCUT2D eigenvalue weighted by atomic mass is 10.2. The maximum Gasteiger partial charge on any atom is 0.251 e. The van der Waals surface area contributed by atoms with Gasteiger partial charge in [-0.15, -0.1) is 5.10 Å². The molecule has 8 heteroatoms. The Hall–Kier alpha value is -2.93.